The molecule has 0 aliphatic carbocycles. The zero-order valence-corrected chi connectivity index (χ0v) is 12.8. The van der Waals surface area contributed by atoms with E-state index in [1.807, 2.05) is 39.0 Å². The van der Waals surface area contributed by atoms with Crippen molar-refractivity contribution in [1.29, 1.82) is 0 Å². The average molecular weight is 279 g/mol. The van der Waals surface area contributed by atoms with Crippen molar-refractivity contribution in [3.05, 3.63) is 29.3 Å². The minimum atomic E-state index is -0.347. The Morgan fingerprint density at radius 3 is 2.70 bits per heavy atom. The number of carbonyl (C=O) groups is 1. The van der Waals surface area contributed by atoms with Crippen LogP contribution >= 0.6 is 0 Å². The summed E-state index contributed by atoms with van der Waals surface area (Å²) in [6.07, 6.45) is 1.67. The molecule has 0 aliphatic heterocycles. The van der Waals surface area contributed by atoms with Crippen LogP contribution in [0.5, 0.6) is 5.75 Å². The summed E-state index contributed by atoms with van der Waals surface area (Å²) < 4.78 is 5.26. The number of hydrogen-bond donors (Lipinski definition) is 2. The summed E-state index contributed by atoms with van der Waals surface area (Å²) >= 11 is 0. The Kier molecular flexibility index (Phi) is 6.02. The fraction of sp³-hybridized carbons (Fsp3) is 0.562. The molecule has 0 bridgehead atoms. The molecule has 2 N–H and O–H groups in total. The molecule has 1 rings (SSSR count). The second-order valence-corrected chi connectivity index (χ2v) is 5.42. The number of aliphatic hydroxyl groups excluding tert-OH is 1. The molecule has 112 valence electrons. The van der Waals surface area contributed by atoms with Gasteiger partial charge < -0.3 is 15.2 Å². The van der Waals surface area contributed by atoms with Crippen molar-refractivity contribution < 1.29 is 14.6 Å². The minimum absolute atomic E-state index is 0.0336. The van der Waals surface area contributed by atoms with Gasteiger partial charge in [0.05, 0.1) is 13.5 Å². The first-order chi connectivity index (χ1) is 9.44. The molecule has 0 saturated carbocycles. The van der Waals surface area contributed by atoms with Crippen LogP contribution in [-0.2, 0) is 11.2 Å². The highest BCUT2D eigenvalue weighted by Crippen LogP contribution is 2.20. The summed E-state index contributed by atoms with van der Waals surface area (Å²) in [5.41, 5.74) is 1.63. The number of aliphatic hydroxyl groups is 1. The molecule has 0 aromatic heterocycles. The van der Waals surface area contributed by atoms with Crippen LogP contribution in [0, 0.1) is 6.92 Å². The zero-order valence-electron chi connectivity index (χ0n) is 12.8. The molecular formula is C16H25NO3. The number of ether oxygens (including phenoxy) is 1. The predicted molar refractivity (Wildman–Crippen MR) is 80.0 cm³/mol. The third-order valence-corrected chi connectivity index (χ3v) is 3.72. The van der Waals surface area contributed by atoms with Gasteiger partial charge in [-0.05, 0) is 43.9 Å². The second kappa shape index (κ2) is 7.29. The standard InChI is InChI=1S/C16H25NO3/c1-5-16(3,8-9-18)17-15(19)11-13-7-6-12(2)14(10-13)20-4/h6-7,10,18H,5,8-9,11H2,1-4H3,(H,17,19). The number of rotatable bonds is 7. The van der Waals surface area contributed by atoms with Gasteiger partial charge in [-0.3, -0.25) is 4.79 Å². The van der Waals surface area contributed by atoms with Crippen LogP contribution in [0.3, 0.4) is 0 Å². The molecule has 1 atom stereocenters. The van der Waals surface area contributed by atoms with E-state index in [0.717, 1.165) is 23.3 Å². The van der Waals surface area contributed by atoms with Crippen LogP contribution in [0.1, 0.15) is 37.8 Å². The van der Waals surface area contributed by atoms with Crippen LogP contribution in [0.2, 0.25) is 0 Å². The fourth-order valence-corrected chi connectivity index (χ4v) is 2.11. The van der Waals surface area contributed by atoms with Gasteiger partial charge in [-0.2, -0.15) is 0 Å². The molecule has 4 heteroatoms. The van der Waals surface area contributed by atoms with Crippen molar-refractivity contribution in [2.45, 2.75) is 45.6 Å². The smallest absolute Gasteiger partial charge is 0.224 e. The number of amides is 1. The summed E-state index contributed by atoms with van der Waals surface area (Å²) in [5.74, 6) is 0.762. The minimum Gasteiger partial charge on any atom is -0.496 e. The van der Waals surface area contributed by atoms with Crippen molar-refractivity contribution in [3.63, 3.8) is 0 Å². The van der Waals surface area contributed by atoms with E-state index in [1.54, 1.807) is 7.11 Å². The van der Waals surface area contributed by atoms with Gasteiger partial charge in [-0.1, -0.05) is 19.1 Å². The third kappa shape index (κ3) is 4.53. The van der Waals surface area contributed by atoms with E-state index in [9.17, 15) is 4.79 Å². The quantitative estimate of drug-likeness (QED) is 0.804. The Morgan fingerprint density at radius 1 is 1.45 bits per heavy atom. The van der Waals surface area contributed by atoms with E-state index in [1.165, 1.54) is 0 Å². The van der Waals surface area contributed by atoms with E-state index in [2.05, 4.69) is 5.32 Å². The Hall–Kier alpha value is -1.55. The Balaban J connectivity index is 2.71. The molecule has 0 radical (unpaired) electrons. The number of carbonyl (C=O) groups excluding carboxylic acids is 1. The van der Waals surface area contributed by atoms with Crippen LogP contribution < -0.4 is 10.1 Å². The lowest BCUT2D eigenvalue weighted by molar-refractivity contribution is -0.122. The molecular weight excluding hydrogens is 254 g/mol. The molecule has 20 heavy (non-hydrogen) atoms. The van der Waals surface area contributed by atoms with Gasteiger partial charge in [0.25, 0.3) is 0 Å². The number of nitrogens with one attached hydrogen (secondary N) is 1. The van der Waals surface area contributed by atoms with Crippen LogP contribution in [0.4, 0.5) is 0 Å². The van der Waals surface area contributed by atoms with Gasteiger partial charge in [-0.15, -0.1) is 0 Å². The first kappa shape index (κ1) is 16.5. The molecule has 4 nitrogen and oxygen atoms in total. The van der Waals surface area contributed by atoms with Crippen LogP contribution in [0.25, 0.3) is 0 Å². The van der Waals surface area contributed by atoms with E-state index < -0.39 is 0 Å². The first-order valence-electron chi connectivity index (χ1n) is 6.99. The normalized spacial score (nSPS) is 13.7. The molecule has 0 fully saturated rings. The monoisotopic (exact) mass is 279 g/mol. The number of hydrogen-bond acceptors (Lipinski definition) is 3. The Bertz CT molecular complexity index is 459. The van der Waals surface area contributed by atoms with Gasteiger partial charge in [-0.25, -0.2) is 0 Å². The molecule has 1 aromatic rings. The highest BCUT2D eigenvalue weighted by molar-refractivity contribution is 5.79. The maximum atomic E-state index is 12.1. The van der Waals surface area contributed by atoms with Gasteiger partial charge in [0.2, 0.25) is 5.91 Å². The third-order valence-electron chi connectivity index (χ3n) is 3.72. The van der Waals surface area contributed by atoms with Gasteiger partial charge in [0, 0.05) is 12.1 Å². The van der Waals surface area contributed by atoms with Gasteiger partial charge >= 0.3 is 0 Å². The van der Waals surface area contributed by atoms with Crippen molar-refractivity contribution in [3.8, 4) is 5.75 Å². The van der Waals surface area contributed by atoms with Crippen molar-refractivity contribution >= 4 is 5.91 Å². The highest BCUT2D eigenvalue weighted by Gasteiger charge is 2.23. The van der Waals surface area contributed by atoms with E-state index in [0.29, 0.717) is 12.8 Å². The number of aryl methyl sites for hydroxylation is 1. The van der Waals surface area contributed by atoms with E-state index in [4.69, 9.17) is 9.84 Å². The predicted octanol–water partition coefficient (Wildman–Crippen LogP) is 2.21. The first-order valence-corrected chi connectivity index (χ1v) is 6.99. The highest BCUT2D eigenvalue weighted by atomic mass is 16.5. The van der Waals surface area contributed by atoms with Crippen LogP contribution in [0.15, 0.2) is 18.2 Å². The van der Waals surface area contributed by atoms with Crippen molar-refractivity contribution in [1.82, 2.24) is 5.32 Å². The number of benzene rings is 1. The molecule has 0 aliphatic rings. The zero-order chi connectivity index (χ0) is 15.2. The lowest BCUT2D eigenvalue weighted by atomic mass is 9.94. The molecule has 1 unspecified atom stereocenters. The summed E-state index contributed by atoms with van der Waals surface area (Å²) in [6.45, 7) is 6.00. The summed E-state index contributed by atoms with van der Waals surface area (Å²) in [6, 6.07) is 5.78. The molecule has 0 spiro atoms. The molecule has 1 amide bonds. The van der Waals surface area contributed by atoms with Crippen molar-refractivity contribution in [2.75, 3.05) is 13.7 Å². The lowest BCUT2D eigenvalue weighted by Gasteiger charge is -2.29. The number of methoxy groups -OCH3 is 1. The molecule has 1 aromatic carbocycles. The lowest BCUT2D eigenvalue weighted by Crippen LogP contribution is -2.46. The second-order valence-electron chi connectivity index (χ2n) is 5.42. The topological polar surface area (TPSA) is 58.6 Å². The SMILES string of the molecule is CCC(C)(CCO)NC(=O)Cc1ccc(C)c(OC)c1. The van der Waals surface area contributed by atoms with Crippen LogP contribution in [-0.4, -0.2) is 30.3 Å². The summed E-state index contributed by atoms with van der Waals surface area (Å²) in [4.78, 5) is 12.1. The molecule has 0 heterocycles. The maximum absolute atomic E-state index is 12.1. The van der Waals surface area contributed by atoms with E-state index >= 15 is 0 Å². The fourth-order valence-electron chi connectivity index (χ4n) is 2.11. The molecule has 0 saturated heterocycles. The summed E-state index contributed by atoms with van der Waals surface area (Å²) in [5, 5.41) is 12.1. The largest absolute Gasteiger partial charge is 0.496 e. The Labute approximate surface area is 121 Å². The van der Waals surface area contributed by atoms with Gasteiger partial charge in [0.15, 0.2) is 0 Å². The summed E-state index contributed by atoms with van der Waals surface area (Å²) in [7, 11) is 1.63. The Morgan fingerprint density at radius 2 is 2.15 bits per heavy atom. The van der Waals surface area contributed by atoms with E-state index in [-0.39, 0.29) is 18.1 Å². The maximum Gasteiger partial charge on any atom is 0.224 e. The van der Waals surface area contributed by atoms with Crippen molar-refractivity contribution in [2.24, 2.45) is 0 Å². The average Bonchev–Trinajstić information content (AvgIpc) is 2.41. The van der Waals surface area contributed by atoms with Gasteiger partial charge in [0.1, 0.15) is 5.75 Å².